The second-order valence-electron chi connectivity index (χ2n) is 22.5. The van der Waals surface area contributed by atoms with Crippen LogP contribution in [0.3, 0.4) is 0 Å². The Morgan fingerprint density at radius 2 is 0.404 bits per heavy atom. The van der Waals surface area contributed by atoms with E-state index in [4.69, 9.17) is 4.98 Å². The number of carbonyl (C=O) groups excluding carboxylic acids is 4. The van der Waals surface area contributed by atoms with Crippen molar-refractivity contribution >= 4 is 102 Å². The van der Waals surface area contributed by atoms with E-state index < -0.39 is 17.3 Å². The maximum atomic E-state index is 15.8. The van der Waals surface area contributed by atoms with Gasteiger partial charge in [0.15, 0.2) is 17.3 Å². The number of benzene rings is 13. The van der Waals surface area contributed by atoms with Gasteiger partial charge in [-0.3, -0.25) is 19.2 Å². The van der Waals surface area contributed by atoms with Gasteiger partial charge < -0.3 is 19.6 Å². The summed E-state index contributed by atoms with van der Waals surface area (Å²) in [6, 6.07) is 114. The molecule has 0 saturated heterocycles. The van der Waals surface area contributed by atoms with E-state index in [9.17, 15) is 0 Å². The lowest BCUT2D eigenvalue weighted by atomic mass is 9.90. The molecule has 9 heteroatoms. The molecule has 0 unspecified atom stereocenters. The van der Waals surface area contributed by atoms with Crippen LogP contribution >= 0.6 is 0 Å². The third-order valence-electron chi connectivity index (χ3n) is 16.6. The number of aromatic nitrogens is 1. The van der Waals surface area contributed by atoms with Crippen molar-refractivity contribution in [3.63, 3.8) is 0 Å². The Labute approximate surface area is 545 Å². The Hall–Kier alpha value is -12.9. The summed E-state index contributed by atoms with van der Waals surface area (Å²) in [5, 5.41) is 0.221. The number of hydrogen-bond donors (Lipinski definition) is 0. The molecule has 0 aliphatic rings. The van der Waals surface area contributed by atoms with Gasteiger partial charge in [-0.1, -0.05) is 146 Å². The van der Waals surface area contributed by atoms with Crippen LogP contribution in [0.1, 0.15) is 63.8 Å². The van der Waals surface area contributed by atoms with Crippen molar-refractivity contribution in [3.8, 4) is 0 Å². The van der Waals surface area contributed by atoms with E-state index in [2.05, 4.69) is 19.6 Å². The number of carbonyl (C=O) groups is 4. The fraction of sp³-hybridized carbons (Fsp3) is 0. The molecule has 13 aromatic carbocycles. The first kappa shape index (κ1) is 58.8. The lowest BCUT2D eigenvalue weighted by Crippen LogP contribution is -2.17. The second-order valence-corrected chi connectivity index (χ2v) is 22.5. The van der Waals surface area contributed by atoms with Crippen molar-refractivity contribution in [2.24, 2.45) is 0 Å². The van der Waals surface area contributed by atoms with E-state index in [0.717, 1.165) is 68.2 Å². The number of nitrogens with zero attached hydrogens (tertiary/aromatic N) is 5. The molecule has 0 saturated carbocycles. The largest absolute Gasteiger partial charge is 0.311 e. The molecule has 9 nitrogen and oxygen atoms in total. The standard InChI is InChI=1S/C85H59N5O4/c91-82(60-41-49-72(50-42-60)87(64-25-9-1-10-26-64)65-27-11-2-12-28-65)76-57-58-77(83(92)61-43-51-73(52-44-61)88(66-29-13-3-14-30-66)67-31-15-4-16-32-67)80-78(76)59-79(84(93)62-45-53-74(54-46-62)89(68-33-17-5-18-34-68)69-35-19-6-20-36-69)81(86-80)85(94)63-47-55-75(56-48-63)90(70-37-21-7-22-38-70)71-39-23-8-24-40-71/h1-59H. The van der Waals surface area contributed by atoms with E-state index in [-0.39, 0.29) is 50.2 Å². The zero-order valence-electron chi connectivity index (χ0n) is 50.9. The highest BCUT2D eigenvalue weighted by Gasteiger charge is 2.29. The van der Waals surface area contributed by atoms with Crippen molar-refractivity contribution < 1.29 is 19.2 Å². The number of pyridine rings is 1. The van der Waals surface area contributed by atoms with Crippen molar-refractivity contribution in [1.29, 1.82) is 0 Å². The Balaban J connectivity index is 0.922. The maximum Gasteiger partial charge on any atom is 0.212 e. The highest BCUT2D eigenvalue weighted by molar-refractivity contribution is 6.25. The van der Waals surface area contributed by atoms with Crippen LogP contribution in [0.4, 0.5) is 68.2 Å². The smallest absolute Gasteiger partial charge is 0.212 e. The molecule has 0 amide bonds. The molecule has 0 N–H and O–H groups in total. The van der Waals surface area contributed by atoms with Crippen LogP contribution in [0.25, 0.3) is 10.9 Å². The minimum atomic E-state index is -0.558. The average Bonchev–Trinajstić information content (AvgIpc) is 0.781. The van der Waals surface area contributed by atoms with Gasteiger partial charge in [-0.25, -0.2) is 4.98 Å². The Kier molecular flexibility index (Phi) is 16.7. The predicted molar refractivity (Wildman–Crippen MR) is 380 cm³/mol. The molecule has 0 aliphatic heterocycles. The summed E-state index contributed by atoms with van der Waals surface area (Å²) in [5.74, 6) is -1.85. The Bertz CT molecular complexity index is 4500. The second kappa shape index (κ2) is 26.7. The fourth-order valence-corrected chi connectivity index (χ4v) is 12.0. The van der Waals surface area contributed by atoms with Crippen LogP contribution < -0.4 is 19.6 Å². The SMILES string of the molecule is O=C(c1ccc(N(c2ccccc2)c2ccccc2)cc1)c1cc2c(C(=O)c3ccc(N(c4ccccc4)c4ccccc4)cc3)ccc(C(=O)c3ccc(N(c4ccccc4)c4ccccc4)cc3)c2nc1C(=O)c1ccc(N(c2ccccc2)c2ccccc2)cc1. The highest BCUT2D eigenvalue weighted by Crippen LogP contribution is 2.40. The van der Waals surface area contributed by atoms with E-state index in [1.807, 2.05) is 291 Å². The zero-order chi connectivity index (χ0) is 63.7. The lowest BCUT2D eigenvalue weighted by Gasteiger charge is -2.25. The van der Waals surface area contributed by atoms with Crippen molar-refractivity contribution in [1.82, 2.24) is 4.98 Å². The number of hydrogen-bond acceptors (Lipinski definition) is 9. The minimum absolute atomic E-state index is 0.0471. The van der Waals surface area contributed by atoms with Gasteiger partial charge >= 0.3 is 0 Å². The molecule has 1 heterocycles. The Morgan fingerprint density at radius 3 is 0.660 bits per heavy atom. The van der Waals surface area contributed by atoms with Crippen molar-refractivity contribution in [2.45, 2.75) is 0 Å². The number of para-hydroxylation sites is 8. The van der Waals surface area contributed by atoms with Crippen molar-refractivity contribution in [3.05, 3.63) is 403 Å². The number of ketones is 4. The highest BCUT2D eigenvalue weighted by atomic mass is 16.1. The van der Waals surface area contributed by atoms with Crippen LogP contribution in [-0.2, 0) is 0 Å². The topological polar surface area (TPSA) is 94.1 Å². The molecule has 0 atom stereocenters. The van der Waals surface area contributed by atoms with Gasteiger partial charge in [0.1, 0.15) is 5.69 Å². The molecular formula is C85H59N5O4. The molecule has 94 heavy (non-hydrogen) atoms. The molecule has 14 rings (SSSR count). The normalized spacial score (nSPS) is 10.9. The number of rotatable bonds is 20. The van der Waals surface area contributed by atoms with Gasteiger partial charge in [-0.15, -0.1) is 0 Å². The van der Waals surface area contributed by atoms with Crippen LogP contribution in [0, 0.1) is 0 Å². The average molecular weight is 1210 g/mol. The summed E-state index contributed by atoms with van der Waals surface area (Å²) in [4.78, 5) is 76.1. The van der Waals surface area contributed by atoms with Gasteiger partial charge in [-0.2, -0.15) is 0 Å². The first-order valence-electron chi connectivity index (χ1n) is 31.0. The first-order chi connectivity index (χ1) is 46.3. The maximum absolute atomic E-state index is 15.8. The van der Waals surface area contributed by atoms with E-state index in [1.54, 1.807) is 66.7 Å². The summed E-state index contributed by atoms with van der Waals surface area (Å²) in [7, 11) is 0. The summed E-state index contributed by atoms with van der Waals surface area (Å²) < 4.78 is 0. The molecule has 0 aliphatic carbocycles. The van der Waals surface area contributed by atoms with Crippen molar-refractivity contribution in [2.75, 3.05) is 19.6 Å². The first-order valence-corrected chi connectivity index (χ1v) is 31.0. The lowest BCUT2D eigenvalue weighted by molar-refractivity contribution is 0.0999. The monoisotopic (exact) mass is 1210 g/mol. The minimum Gasteiger partial charge on any atom is -0.311 e. The van der Waals surface area contributed by atoms with E-state index in [1.165, 1.54) is 0 Å². The molecular weight excluding hydrogens is 1150 g/mol. The van der Waals surface area contributed by atoms with Crippen LogP contribution in [0.2, 0.25) is 0 Å². The molecule has 448 valence electrons. The van der Waals surface area contributed by atoms with Crippen LogP contribution in [0.15, 0.2) is 358 Å². The van der Waals surface area contributed by atoms with Gasteiger partial charge in [0.25, 0.3) is 0 Å². The molecule has 0 fully saturated rings. The van der Waals surface area contributed by atoms with Crippen LogP contribution in [-0.4, -0.2) is 28.1 Å². The van der Waals surface area contributed by atoms with Gasteiger partial charge in [0, 0.05) is 107 Å². The van der Waals surface area contributed by atoms with Gasteiger partial charge in [-0.05, 0) is 212 Å². The summed E-state index contributed by atoms with van der Waals surface area (Å²) in [6.07, 6.45) is 0. The molecule has 0 bridgehead atoms. The third kappa shape index (κ3) is 12.1. The number of anilines is 12. The molecule has 1 aromatic heterocycles. The van der Waals surface area contributed by atoms with E-state index >= 15 is 19.2 Å². The quantitative estimate of drug-likeness (QED) is 0.0692. The van der Waals surface area contributed by atoms with Gasteiger partial charge in [0.05, 0.1) is 11.1 Å². The van der Waals surface area contributed by atoms with E-state index in [0.29, 0.717) is 11.1 Å². The van der Waals surface area contributed by atoms with Gasteiger partial charge in [0.2, 0.25) is 5.78 Å². The fourth-order valence-electron chi connectivity index (χ4n) is 12.0. The van der Waals surface area contributed by atoms with Crippen LogP contribution in [0.5, 0.6) is 0 Å². The number of fused-ring (bicyclic) bond motifs is 1. The third-order valence-corrected chi connectivity index (χ3v) is 16.6. The summed E-state index contributed by atoms with van der Waals surface area (Å²) in [6.45, 7) is 0. The molecule has 0 radical (unpaired) electrons. The summed E-state index contributed by atoms with van der Waals surface area (Å²) >= 11 is 0. The molecule has 0 spiro atoms. The summed E-state index contributed by atoms with van der Waals surface area (Å²) in [5.41, 5.74) is 12.0. The zero-order valence-corrected chi connectivity index (χ0v) is 50.9. The Morgan fingerprint density at radius 1 is 0.202 bits per heavy atom. The predicted octanol–water partition coefficient (Wildman–Crippen LogP) is 21.0. The molecule has 14 aromatic rings.